The third-order valence-electron chi connectivity index (χ3n) is 7.88. The van der Waals surface area contributed by atoms with E-state index in [-0.39, 0.29) is 0 Å². The summed E-state index contributed by atoms with van der Waals surface area (Å²) >= 11 is 0. The van der Waals surface area contributed by atoms with Crippen molar-refractivity contribution in [1.82, 2.24) is 0 Å². The summed E-state index contributed by atoms with van der Waals surface area (Å²) < 4.78 is 6.86. The second kappa shape index (κ2) is 5.31. The summed E-state index contributed by atoms with van der Waals surface area (Å²) in [5.41, 5.74) is 1.42. The predicted molar refractivity (Wildman–Crippen MR) is 93.4 cm³/mol. The molecule has 1 aliphatic heterocycles. The van der Waals surface area contributed by atoms with Crippen molar-refractivity contribution in [1.29, 1.82) is 0 Å². The average molecular weight is 340 g/mol. The van der Waals surface area contributed by atoms with Crippen molar-refractivity contribution in [3.63, 3.8) is 0 Å². The molecule has 1 saturated heterocycles. The van der Waals surface area contributed by atoms with Crippen molar-refractivity contribution in [2.24, 2.45) is 23.7 Å². The van der Waals surface area contributed by atoms with Gasteiger partial charge in [0.15, 0.2) is 0 Å². The smallest absolute Gasteiger partial charge is 0.210 e. The zero-order valence-electron chi connectivity index (χ0n) is 14.9. The molecule has 0 amide bonds. The van der Waals surface area contributed by atoms with Gasteiger partial charge < -0.3 is 4.74 Å². The van der Waals surface area contributed by atoms with E-state index in [2.05, 4.69) is 30.3 Å². The van der Waals surface area contributed by atoms with Gasteiger partial charge in [0.05, 0.1) is 0 Å². The molecule has 2 atom stereocenters. The van der Waals surface area contributed by atoms with Crippen molar-refractivity contribution >= 4 is 0 Å². The third kappa shape index (κ3) is 2.22. The van der Waals surface area contributed by atoms with Crippen LogP contribution in [0.25, 0.3) is 0 Å². The minimum Gasteiger partial charge on any atom is -0.312 e. The van der Waals surface area contributed by atoms with Gasteiger partial charge in [0.1, 0.15) is 0 Å². The summed E-state index contributed by atoms with van der Waals surface area (Å²) in [5.74, 6) is 2.53. The molecular weight excluding hydrogens is 312 g/mol. The van der Waals surface area contributed by atoms with Crippen LogP contribution in [0.2, 0.25) is 0 Å². The summed E-state index contributed by atoms with van der Waals surface area (Å²) in [6, 6.07) is 10.9. The number of ether oxygens (including phenoxy) is 1. The van der Waals surface area contributed by atoms with Crippen LogP contribution in [0.1, 0.15) is 69.3 Å². The standard InChI is InChI=1S/C22H28O3/c1-2-5-17(6-3-1)18-7-4-8-21(14-18)23-22(25-24-21)19-10-15-9-16(12-19)13-20(22)11-15/h1-3,5-6,15-16,18-20H,4,7-14H2. The Balaban J connectivity index is 1.27. The Morgan fingerprint density at radius 3 is 2.28 bits per heavy atom. The van der Waals surface area contributed by atoms with E-state index in [1.165, 1.54) is 44.1 Å². The second-order valence-corrected chi connectivity index (χ2v) is 9.41. The summed E-state index contributed by atoms with van der Waals surface area (Å²) in [6.07, 6.45) is 10.9. The fraction of sp³-hybridized carbons (Fsp3) is 0.727. The Hall–Kier alpha value is -0.900. The zero-order valence-corrected chi connectivity index (χ0v) is 14.9. The molecule has 2 unspecified atom stereocenters. The molecule has 3 nitrogen and oxygen atoms in total. The summed E-state index contributed by atoms with van der Waals surface area (Å²) in [5, 5.41) is 0. The van der Waals surface area contributed by atoms with E-state index in [1.807, 2.05) is 0 Å². The fourth-order valence-electron chi connectivity index (χ4n) is 6.99. The number of hydrogen-bond acceptors (Lipinski definition) is 3. The Morgan fingerprint density at radius 2 is 1.56 bits per heavy atom. The maximum absolute atomic E-state index is 6.86. The Kier molecular flexibility index (Phi) is 3.22. The van der Waals surface area contributed by atoms with Crippen LogP contribution < -0.4 is 0 Å². The molecule has 5 saturated carbocycles. The highest BCUT2D eigenvalue weighted by atomic mass is 17.3. The van der Waals surface area contributed by atoms with E-state index < -0.39 is 11.6 Å². The van der Waals surface area contributed by atoms with Gasteiger partial charge in [-0.1, -0.05) is 30.3 Å². The lowest BCUT2D eigenvalue weighted by Crippen LogP contribution is -2.59. The molecule has 1 aromatic rings. The molecule has 2 spiro atoms. The normalized spacial score (nSPS) is 50.8. The quantitative estimate of drug-likeness (QED) is 0.660. The van der Waals surface area contributed by atoms with Crippen LogP contribution in [0.4, 0.5) is 0 Å². The van der Waals surface area contributed by atoms with Crippen molar-refractivity contribution in [3.8, 4) is 0 Å². The zero-order chi connectivity index (χ0) is 16.5. The molecule has 6 aliphatic rings. The van der Waals surface area contributed by atoms with E-state index in [0.717, 1.165) is 31.1 Å². The van der Waals surface area contributed by atoms with E-state index in [9.17, 15) is 0 Å². The van der Waals surface area contributed by atoms with Crippen LogP contribution in [0.15, 0.2) is 30.3 Å². The average Bonchev–Trinajstić information content (AvgIpc) is 3.00. The van der Waals surface area contributed by atoms with Gasteiger partial charge in [0.25, 0.3) is 0 Å². The minimum absolute atomic E-state index is 0.425. The molecule has 5 aliphatic carbocycles. The lowest BCUT2D eigenvalue weighted by atomic mass is 9.53. The molecule has 25 heavy (non-hydrogen) atoms. The topological polar surface area (TPSA) is 27.7 Å². The van der Waals surface area contributed by atoms with Crippen molar-refractivity contribution < 1.29 is 14.5 Å². The van der Waals surface area contributed by atoms with Crippen molar-refractivity contribution in [2.75, 3.05) is 0 Å². The molecule has 1 heterocycles. The van der Waals surface area contributed by atoms with Gasteiger partial charge in [0.2, 0.25) is 11.6 Å². The third-order valence-corrected chi connectivity index (χ3v) is 7.88. The van der Waals surface area contributed by atoms with Crippen LogP contribution in [-0.4, -0.2) is 11.6 Å². The first kappa shape index (κ1) is 15.2. The maximum Gasteiger partial charge on any atom is 0.210 e. The number of rotatable bonds is 1. The van der Waals surface area contributed by atoms with Crippen LogP contribution in [0, 0.1) is 23.7 Å². The van der Waals surface area contributed by atoms with Gasteiger partial charge in [0, 0.05) is 24.7 Å². The first-order valence-electron chi connectivity index (χ1n) is 10.4. The van der Waals surface area contributed by atoms with Crippen LogP contribution in [0.5, 0.6) is 0 Å². The molecule has 6 fully saturated rings. The molecule has 134 valence electrons. The minimum atomic E-state index is -0.506. The van der Waals surface area contributed by atoms with Gasteiger partial charge in [-0.05, 0) is 68.3 Å². The molecule has 3 heteroatoms. The van der Waals surface area contributed by atoms with Gasteiger partial charge in [-0.25, -0.2) is 0 Å². The monoisotopic (exact) mass is 340 g/mol. The first-order valence-corrected chi connectivity index (χ1v) is 10.4. The SMILES string of the molecule is c1ccc(C2CCCC3(C2)OOC2(O3)C3CC4CC(C3)CC2C4)cc1. The van der Waals surface area contributed by atoms with E-state index in [0.29, 0.717) is 17.8 Å². The lowest BCUT2D eigenvalue weighted by Gasteiger charge is -2.57. The van der Waals surface area contributed by atoms with Crippen molar-refractivity contribution in [2.45, 2.75) is 75.3 Å². The Labute approximate surface area is 150 Å². The highest BCUT2D eigenvalue weighted by molar-refractivity contribution is 5.21. The summed E-state index contributed by atoms with van der Waals surface area (Å²) in [4.78, 5) is 12.3. The van der Waals surface area contributed by atoms with Crippen LogP contribution >= 0.6 is 0 Å². The largest absolute Gasteiger partial charge is 0.312 e. The molecule has 7 rings (SSSR count). The van der Waals surface area contributed by atoms with E-state index >= 15 is 0 Å². The molecular formula is C22H28O3. The summed E-state index contributed by atoms with van der Waals surface area (Å²) in [6.45, 7) is 0. The number of hydrogen-bond donors (Lipinski definition) is 0. The molecule has 0 radical (unpaired) electrons. The Morgan fingerprint density at radius 1 is 0.840 bits per heavy atom. The molecule has 0 N–H and O–H groups in total. The Bertz CT molecular complexity index is 628. The van der Waals surface area contributed by atoms with Gasteiger partial charge in [-0.2, -0.15) is 9.78 Å². The van der Waals surface area contributed by atoms with Gasteiger partial charge >= 0.3 is 0 Å². The fourth-order valence-corrected chi connectivity index (χ4v) is 6.99. The van der Waals surface area contributed by atoms with Gasteiger partial charge in [-0.15, -0.1) is 0 Å². The molecule has 1 aromatic carbocycles. The summed E-state index contributed by atoms with van der Waals surface area (Å²) in [7, 11) is 0. The van der Waals surface area contributed by atoms with Crippen LogP contribution in [-0.2, 0) is 14.5 Å². The lowest BCUT2D eigenvalue weighted by molar-refractivity contribution is -0.390. The maximum atomic E-state index is 6.86. The van der Waals surface area contributed by atoms with Crippen LogP contribution in [0.3, 0.4) is 0 Å². The van der Waals surface area contributed by atoms with E-state index in [1.54, 1.807) is 0 Å². The highest BCUT2D eigenvalue weighted by Crippen LogP contribution is 2.64. The molecule has 0 aromatic heterocycles. The number of benzene rings is 1. The highest BCUT2D eigenvalue weighted by Gasteiger charge is 2.66. The second-order valence-electron chi connectivity index (χ2n) is 9.41. The predicted octanol–water partition coefficient (Wildman–Crippen LogP) is 5.17. The molecule has 4 bridgehead atoms. The van der Waals surface area contributed by atoms with Crippen molar-refractivity contribution in [3.05, 3.63) is 35.9 Å². The van der Waals surface area contributed by atoms with E-state index in [4.69, 9.17) is 14.5 Å². The van der Waals surface area contributed by atoms with Gasteiger partial charge in [-0.3, -0.25) is 0 Å². The first-order chi connectivity index (χ1) is 12.2.